The van der Waals surface area contributed by atoms with Crippen molar-refractivity contribution in [2.45, 2.75) is 32.6 Å². The smallest absolute Gasteiger partial charge is 0.416 e. The van der Waals surface area contributed by atoms with Crippen molar-refractivity contribution in [1.29, 1.82) is 0 Å². The Labute approximate surface area is 174 Å². The second-order valence-electron chi connectivity index (χ2n) is 6.15. The van der Waals surface area contributed by atoms with Gasteiger partial charge >= 0.3 is 12.1 Å². The quantitative estimate of drug-likeness (QED) is 0.344. The topological polar surface area (TPSA) is 90.7 Å². The Kier molecular flexibility index (Phi) is 7.63. The van der Waals surface area contributed by atoms with Crippen LogP contribution in [0.3, 0.4) is 0 Å². The molecule has 0 aromatic heterocycles. The van der Waals surface area contributed by atoms with Crippen molar-refractivity contribution in [3.05, 3.63) is 62.7 Å². The largest absolute Gasteiger partial charge is 0.465 e. The molecule has 0 fully saturated rings. The molecule has 2 aromatic carbocycles. The van der Waals surface area contributed by atoms with E-state index in [1.54, 1.807) is 13.8 Å². The monoisotopic (exact) mass is 446 g/mol. The fraction of sp³-hybridized carbons (Fsp3) is 0.316. The lowest BCUT2D eigenvalue weighted by molar-refractivity contribution is -0.385. The number of halogens is 4. The number of nitrogens with zero attached hydrogens (tertiary/aromatic N) is 1. The first-order valence-electron chi connectivity index (χ1n) is 8.74. The van der Waals surface area contributed by atoms with Gasteiger partial charge in [0.15, 0.2) is 0 Å². The summed E-state index contributed by atoms with van der Waals surface area (Å²) in [5.74, 6) is -0.427. The summed E-state index contributed by atoms with van der Waals surface area (Å²) in [6, 6.07) is 5.73. The molecule has 1 atom stereocenters. The van der Waals surface area contributed by atoms with Crippen LogP contribution in [0.2, 0.25) is 5.02 Å². The summed E-state index contributed by atoms with van der Waals surface area (Å²) in [4.78, 5) is 22.4. The van der Waals surface area contributed by atoms with E-state index >= 15 is 0 Å². The van der Waals surface area contributed by atoms with Crippen LogP contribution in [0, 0.1) is 10.1 Å². The lowest BCUT2D eigenvalue weighted by atomic mass is 10.1. The molecule has 1 unspecified atom stereocenters. The molecule has 11 heteroatoms. The van der Waals surface area contributed by atoms with Crippen molar-refractivity contribution >= 4 is 23.3 Å². The van der Waals surface area contributed by atoms with Gasteiger partial charge in [-0.15, -0.1) is 0 Å². The third kappa shape index (κ3) is 6.07. The summed E-state index contributed by atoms with van der Waals surface area (Å²) in [5, 5.41) is 13.8. The van der Waals surface area contributed by atoms with E-state index in [2.05, 4.69) is 5.32 Å². The van der Waals surface area contributed by atoms with Crippen molar-refractivity contribution in [2.24, 2.45) is 0 Å². The van der Waals surface area contributed by atoms with Crippen LogP contribution in [0.4, 0.5) is 18.9 Å². The number of nitro groups is 1. The van der Waals surface area contributed by atoms with E-state index in [-0.39, 0.29) is 40.9 Å². The number of rotatable bonds is 8. The van der Waals surface area contributed by atoms with E-state index < -0.39 is 28.7 Å². The van der Waals surface area contributed by atoms with E-state index in [1.807, 2.05) is 0 Å². The van der Waals surface area contributed by atoms with Crippen LogP contribution < -0.4 is 10.1 Å². The highest BCUT2D eigenvalue weighted by Gasteiger charge is 2.31. The number of benzene rings is 2. The van der Waals surface area contributed by atoms with E-state index in [1.165, 1.54) is 18.2 Å². The van der Waals surface area contributed by atoms with Crippen LogP contribution >= 0.6 is 11.6 Å². The molecular formula is C19H18ClF3N2O5. The SMILES string of the molecule is CCOC(=O)C(C)NCc1cc(Oc2ccc(C(F)(F)F)cc2Cl)ccc1[N+](=O)[O-]. The molecule has 0 aliphatic heterocycles. The van der Waals surface area contributed by atoms with Gasteiger partial charge in [-0.05, 0) is 44.2 Å². The summed E-state index contributed by atoms with van der Waals surface area (Å²) in [6.45, 7) is 3.35. The average molecular weight is 447 g/mol. The zero-order chi connectivity index (χ0) is 22.5. The normalized spacial score (nSPS) is 12.3. The zero-order valence-electron chi connectivity index (χ0n) is 16.0. The van der Waals surface area contributed by atoms with Crippen molar-refractivity contribution in [3.63, 3.8) is 0 Å². The van der Waals surface area contributed by atoms with E-state index in [9.17, 15) is 28.1 Å². The van der Waals surface area contributed by atoms with E-state index in [0.717, 1.165) is 18.2 Å². The fourth-order valence-corrected chi connectivity index (χ4v) is 2.66. The third-order valence-corrected chi connectivity index (χ3v) is 4.27. The molecule has 0 spiro atoms. The molecule has 2 aromatic rings. The van der Waals surface area contributed by atoms with Crippen molar-refractivity contribution in [3.8, 4) is 11.5 Å². The third-order valence-electron chi connectivity index (χ3n) is 3.97. The van der Waals surface area contributed by atoms with Crippen LogP contribution in [0.5, 0.6) is 11.5 Å². The summed E-state index contributed by atoms with van der Waals surface area (Å²) in [5.41, 5.74) is -0.942. The fourth-order valence-electron chi connectivity index (χ4n) is 2.45. The van der Waals surface area contributed by atoms with Crippen molar-refractivity contribution < 1.29 is 32.4 Å². The molecule has 0 heterocycles. The molecule has 0 aliphatic rings. The highest BCUT2D eigenvalue weighted by atomic mass is 35.5. The van der Waals surface area contributed by atoms with Gasteiger partial charge in [0.2, 0.25) is 0 Å². The van der Waals surface area contributed by atoms with Gasteiger partial charge in [-0.25, -0.2) is 0 Å². The summed E-state index contributed by atoms with van der Waals surface area (Å²) < 4.78 is 48.6. The van der Waals surface area contributed by atoms with Crippen LogP contribution in [0.25, 0.3) is 0 Å². The molecule has 0 bridgehead atoms. The first kappa shape index (κ1) is 23.4. The van der Waals surface area contributed by atoms with Gasteiger partial charge in [0.25, 0.3) is 5.69 Å². The highest BCUT2D eigenvalue weighted by Crippen LogP contribution is 2.37. The number of ether oxygens (including phenoxy) is 2. The Hall–Kier alpha value is -2.85. The number of hydrogen-bond acceptors (Lipinski definition) is 6. The number of esters is 1. The molecule has 0 aliphatic carbocycles. The average Bonchev–Trinajstić information content (AvgIpc) is 2.66. The highest BCUT2D eigenvalue weighted by molar-refractivity contribution is 6.32. The van der Waals surface area contributed by atoms with Gasteiger partial charge in [0, 0.05) is 18.2 Å². The summed E-state index contributed by atoms with van der Waals surface area (Å²) in [7, 11) is 0. The molecule has 2 rings (SSSR count). The minimum Gasteiger partial charge on any atom is -0.465 e. The number of hydrogen-bond donors (Lipinski definition) is 1. The van der Waals surface area contributed by atoms with Crippen molar-refractivity contribution in [2.75, 3.05) is 6.61 Å². The maximum atomic E-state index is 12.8. The second-order valence-corrected chi connectivity index (χ2v) is 6.55. The van der Waals surface area contributed by atoms with E-state index in [0.29, 0.717) is 0 Å². The van der Waals surface area contributed by atoms with Gasteiger partial charge in [0.05, 0.1) is 22.1 Å². The molecule has 7 nitrogen and oxygen atoms in total. The predicted molar refractivity (Wildman–Crippen MR) is 103 cm³/mol. The maximum absolute atomic E-state index is 12.8. The Morgan fingerprint density at radius 2 is 1.97 bits per heavy atom. The molecule has 162 valence electrons. The number of alkyl halides is 3. The Morgan fingerprint density at radius 1 is 1.27 bits per heavy atom. The maximum Gasteiger partial charge on any atom is 0.416 e. The van der Waals surface area contributed by atoms with Crippen LogP contribution in [0.1, 0.15) is 25.0 Å². The summed E-state index contributed by atoms with van der Waals surface area (Å²) >= 11 is 5.88. The van der Waals surface area contributed by atoms with Gasteiger partial charge in [0.1, 0.15) is 17.5 Å². The molecule has 0 amide bonds. The molecule has 1 N–H and O–H groups in total. The number of nitro benzene ring substituents is 1. The van der Waals surface area contributed by atoms with Crippen LogP contribution in [0.15, 0.2) is 36.4 Å². The standard InChI is InChI=1S/C19H18ClF3N2O5/c1-3-29-18(26)11(2)24-10-12-8-14(5-6-16(12)25(27)28)30-17-7-4-13(9-15(17)20)19(21,22)23/h4-9,11,24H,3,10H2,1-2H3. The minimum absolute atomic E-state index is 0.0441. The van der Waals surface area contributed by atoms with Gasteiger partial charge in [-0.3, -0.25) is 14.9 Å². The number of carbonyl (C=O) groups is 1. The molecule has 0 radical (unpaired) electrons. The van der Waals surface area contributed by atoms with Crippen LogP contribution in [-0.2, 0) is 22.3 Å². The number of carbonyl (C=O) groups excluding carboxylic acids is 1. The Balaban J connectivity index is 2.23. The van der Waals surface area contributed by atoms with Gasteiger partial charge in [-0.1, -0.05) is 11.6 Å². The first-order chi connectivity index (χ1) is 14.0. The summed E-state index contributed by atoms with van der Waals surface area (Å²) in [6.07, 6.45) is -4.55. The lowest BCUT2D eigenvalue weighted by Crippen LogP contribution is -2.35. The number of nitrogens with one attached hydrogen (secondary N) is 1. The molecule has 30 heavy (non-hydrogen) atoms. The molecule has 0 saturated carbocycles. The molecular weight excluding hydrogens is 429 g/mol. The zero-order valence-corrected chi connectivity index (χ0v) is 16.7. The Bertz CT molecular complexity index is 937. The van der Waals surface area contributed by atoms with Crippen LogP contribution in [-0.4, -0.2) is 23.5 Å². The Morgan fingerprint density at radius 3 is 2.53 bits per heavy atom. The predicted octanol–water partition coefficient (Wildman–Crippen LogP) is 5.10. The molecule has 0 saturated heterocycles. The van der Waals surface area contributed by atoms with E-state index in [4.69, 9.17) is 21.1 Å². The second kappa shape index (κ2) is 9.77. The van der Waals surface area contributed by atoms with Crippen molar-refractivity contribution in [1.82, 2.24) is 5.32 Å². The first-order valence-corrected chi connectivity index (χ1v) is 9.12. The minimum atomic E-state index is -4.55. The van der Waals surface area contributed by atoms with Gasteiger partial charge < -0.3 is 14.8 Å². The van der Waals surface area contributed by atoms with Gasteiger partial charge in [-0.2, -0.15) is 13.2 Å². The lowest BCUT2D eigenvalue weighted by Gasteiger charge is -2.14.